The summed E-state index contributed by atoms with van der Waals surface area (Å²) < 4.78 is 5.24. The Balaban J connectivity index is 1.65. The Labute approximate surface area is 123 Å². The molecule has 0 aromatic heterocycles. The molecule has 0 radical (unpaired) electrons. The van der Waals surface area contributed by atoms with Gasteiger partial charge in [-0.3, -0.25) is 9.59 Å². The van der Waals surface area contributed by atoms with Crippen molar-refractivity contribution in [1.82, 2.24) is 5.32 Å². The molecule has 2 unspecified atom stereocenters. The van der Waals surface area contributed by atoms with E-state index in [1.165, 1.54) is 0 Å². The van der Waals surface area contributed by atoms with Crippen LogP contribution in [0.2, 0.25) is 0 Å². The van der Waals surface area contributed by atoms with Crippen molar-refractivity contribution in [2.75, 3.05) is 24.3 Å². The Kier molecular flexibility index (Phi) is 3.90. The number of benzene rings is 1. The third-order valence-electron chi connectivity index (χ3n) is 4.01. The number of rotatable bonds is 3. The summed E-state index contributed by atoms with van der Waals surface area (Å²) in [5, 5.41) is 8.90. The van der Waals surface area contributed by atoms with E-state index in [0.717, 1.165) is 16.9 Å². The Morgan fingerprint density at radius 2 is 2.24 bits per heavy atom. The van der Waals surface area contributed by atoms with Crippen molar-refractivity contribution < 1.29 is 14.3 Å². The van der Waals surface area contributed by atoms with Crippen LogP contribution in [0.15, 0.2) is 18.2 Å². The summed E-state index contributed by atoms with van der Waals surface area (Å²) in [5.74, 6) is -0.00519. The number of fused-ring (bicyclic) bond motifs is 1. The van der Waals surface area contributed by atoms with Crippen LogP contribution in [-0.2, 0) is 20.7 Å². The minimum absolute atomic E-state index is 0.0417. The van der Waals surface area contributed by atoms with Gasteiger partial charge in [-0.25, -0.2) is 0 Å². The minimum Gasteiger partial charge on any atom is -0.380 e. The summed E-state index contributed by atoms with van der Waals surface area (Å²) in [6, 6.07) is 5.36. The normalized spacial score (nSPS) is 24.3. The zero-order valence-electron chi connectivity index (χ0n) is 11.9. The van der Waals surface area contributed by atoms with E-state index in [-0.39, 0.29) is 24.0 Å². The summed E-state index contributed by atoms with van der Waals surface area (Å²) in [4.78, 5) is 23.5. The maximum atomic E-state index is 12.2. The first kappa shape index (κ1) is 14.0. The van der Waals surface area contributed by atoms with E-state index in [2.05, 4.69) is 16.0 Å². The number of carbonyl (C=O) groups is 2. The summed E-state index contributed by atoms with van der Waals surface area (Å²) in [6.07, 6.45) is 1.98. The first-order chi connectivity index (χ1) is 10.2. The molecule has 2 aliphatic rings. The van der Waals surface area contributed by atoms with E-state index >= 15 is 0 Å². The van der Waals surface area contributed by atoms with Crippen molar-refractivity contribution in [3.05, 3.63) is 23.8 Å². The van der Waals surface area contributed by atoms with Crippen LogP contribution in [-0.4, -0.2) is 37.6 Å². The lowest BCUT2D eigenvalue weighted by atomic mass is 10.0. The van der Waals surface area contributed by atoms with Gasteiger partial charge in [0.15, 0.2) is 0 Å². The average molecular weight is 289 g/mol. The number of aryl methyl sites for hydroxylation is 1. The molecule has 1 fully saturated rings. The van der Waals surface area contributed by atoms with Gasteiger partial charge in [0.25, 0.3) is 0 Å². The molecule has 2 heterocycles. The molecule has 0 spiro atoms. The summed E-state index contributed by atoms with van der Waals surface area (Å²) >= 11 is 0. The van der Waals surface area contributed by atoms with Gasteiger partial charge in [0.05, 0.1) is 12.1 Å². The summed E-state index contributed by atoms with van der Waals surface area (Å²) in [5.41, 5.74) is 2.65. The van der Waals surface area contributed by atoms with Gasteiger partial charge in [-0.1, -0.05) is 0 Å². The molecule has 2 atom stereocenters. The van der Waals surface area contributed by atoms with Gasteiger partial charge >= 0.3 is 0 Å². The van der Waals surface area contributed by atoms with E-state index in [9.17, 15) is 9.59 Å². The topological polar surface area (TPSA) is 79.5 Å². The van der Waals surface area contributed by atoms with E-state index in [0.29, 0.717) is 25.8 Å². The quantitative estimate of drug-likeness (QED) is 0.772. The zero-order chi connectivity index (χ0) is 14.8. The molecule has 21 heavy (non-hydrogen) atoms. The fourth-order valence-electron chi connectivity index (χ4n) is 2.77. The molecule has 2 amide bonds. The van der Waals surface area contributed by atoms with Crippen LogP contribution in [0.3, 0.4) is 0 Å². The summed E-state index contributed by atoms with van der Waals surface area (Å²) in [7, 11) is 1.66. The number of amides is 2. The van der Waals surface area contributed by atoms with Crippen molar-refractivity contribution in [3.8, 4) is 0 Å². The highest BCUT2D eigenvalue weighted by atomic mass is 16.5. The Hall–Kier alpha value is -1.92. The number of hydrogen-bond donors (Lipinski definition) is 3. The van der Waals surface area contributed by atoms with Crippen LogP contribution < -0.4 is 16.0 Å². The van der Waals surface area contributed by atoms with Crippen LogP contribution in [0.5, 0.6) is 0 Å². The van der Waals surface area contributed by atoms with Crippen molar-refractivity contribution in [2.24, 2.45) is 0 Å². The largest absolute Gasteiger partial charge is 0.380 e. The maximum Gasteiger partial charge on any atom is 0.241 e. The fourth-order valence-corrected chi connectivity index (χ4v) is 2.77. The lowest BCUT2D eigenvalue weighted by Gasteiger charge is -2.18. The molecular weight excluding hydrogens is 270 g/mol. The average Bonchev–Trinajstić information content (AvgIpc) is 2.96. The van der Waals surface area contributed by atoms with Crippen molar-refractivity contribution in [2.45, 2.75) is 31.4 Å². The van der Waals surface area contributed by atoms with E-state index in [1.54, 1.807) is 7.11 Å². The lowest BCUT2D eigenvalue weighted by molar-refractivity contribution is -0.118. The standard InChI is InChI=1S/C15H19N3O3/c1-21-11-7-13(16-8-11)15(20)17-10-3-4-12-9(6-10)2-5-14(19)18-12/h3-4,6,11,13,16H,2,5,7-8H2,1H3,(H,17,20)(H,18,19). The number of hydrogen-bond acceptors (Lipinski definition) is 4. The highest BCUT2D eigenvalue weighted by Gasteiger charge is 2.29. The number of carbonyl (C=O) groups excluding carboxylic acids is 2. The molecule has 0 aliphatic carbocycles. The van der Waals surface area contributed by atoms with Crippen LogP contribution in [0, 0.1) is 0 Å². The molecule has 1 aromatic rings. The molecule has 0 saturated carbocycles. The summed E-state index contributed by atoms with van der Waals surface area (Å²) in [6.45, 7) is 0.699. The predicted octanol–water partition coefficient (Wildman–Crippen LogP) is 0.887. The Morgan fingerprint density at radius 1 is 1.38 bits per heavy atom. The van der Waals surface area contributed by atoms with Crippen molar-refractivity contribution >= 4 is 23.2 Å². The van der Waals surface area contributed by atoms with E-state index in [4.69, 9.17) is 4.74 Å². The van der Waals surface area contributed by atoms with E-state index < -0.39 is 0 Å². The maximum absolute atomic E-state index is 12.2. The Bertz CT molecular complexity index is 573. The molecule has 3 N–H and O–H groups in total. The smallest absolute Gasteiger partial charge is 0.241 e. The second kappa shape index (κ2) is 5.83. The lowest BCUT2D eigenvalue weighted by Crippen LogP contribution is -2.35. The Morgan fingerprint density at radius 3 is 3.00 bits per heavy atom. The molecule has 1 aromatic carbocycles. The first-order valence-corrected chi connectivity index (χ1v) is 7.15. The van der Waals surface area contributed by atoms with Crippen molar-refractivity contribution in [3.63, 3.8) is 0 Å². The molecule has 0 bridgehead atoms. The van der Waals surface area contributed by atoms with Gasteiger partial charge in [-0.05, 0) is 36.6 Å². The van der Waals surface area contributed by atoms with Crippen LogP contribution in [0.4, 0.5) is 11.4 Å². The van der Waals surface area contributed by atoms with Gasteiger partial charge in [0.1, 0.15) is 0 Å². The highest BCUT2D eigenvalue weighted by molar-refractivity contribution is 5.97. The number of nitrogens with one attached hydrogen (secondary N) is 3. The van der Waals surface area contributed by atoms with Gasteiger partial charge in [0, 0.05) is 31.5 Å². The minimum atomic E-state index is -0.217. The van der Waals surface area contributed by atoms with Crippen LogP contribution in [0.25, 0.3) is 0 Å². The molecule has 6 heteroatoms. The third-order valence-corrected chi connectivity index (χ3v) is 4.01. The molecule has 3 rings (SSSR count). The first-order valence-electron chi connectivity index (χ1n) is 7.15. The molecular formula is C15H19N3O3. The second-order valence-electron chi connectivity index (χ2n) is 5.46. The van der Waals surface area contributed by atoms with E-state index in [1.807, 2.05) is 18.2 Å². The molecule has 6 nitrogen and oxygen atoms in total. The molecule has 1 saturated heterocycles. The SMILES string of the molecule is COC1CNC(C(=O)Nc2ccc3c(c2)CCC(=O)N3)C1. The number of anilines is 2. The molecule has 112 valence electrons. The predicted molar refractivity (Wildman–Crippen MR) is 79.2 cm³/mol. The fraction of sp³-hybridized carbons (Fsp3) is 0.467. The monoisotopic (exact) mass is 289 g/mol. The van der Waals surface area contributed by atoms with Crippen LogP contribution >= 0.6 is 0 Å². The van der Waals surface area contributed by atoms with Gasteiger partial charge in [-0.15, -0.1) is 0 Å². The van der Waals surface area contributed by atoms with Gasteiger partial charge < -0.3 is 20.7 Å². The third kappa shape index (κ3) is 3.06. The molecule has 2 aliphatic heterocycles. The van der Waals surface area contributed by atoms with Crippen molar-refractivity contribution in [1.29, 1.82) is 0 Å². The van der Waals surface area contributed by atoms with Gasteiger partial charge in [-0.2, -0.15) is 0 Å². The van der Waals surface area contributed by atoms with Crippen LogP contribution in [0.1, 0.15) is 18.4 Å². The zero-order valence-corrected chi connectivity index (χ0v) is 11.9. The highest BCUT2D eigenvalue weighted by Crippen LogP contribution is 2.26. The number of ether oxygens (including phenoxy) is 1. The number of methoxy groups -OCH3 is 1. The second-order valence-corrected chi connectivity index (χ2v) is 5.46. The van der Waals surface area contributed by atoms with Gasteiger partial charge in [0.2, 0.25) is 11.8 Å².